The van der Waals surface area contributed by atoms with Crippen molar-refractivity contribution in [2.24, 2.45) is 0 Å². The third kappa shape index (κ3) is 2.02. The van der Waals surface area contributed by atoms with Crippen LogP contribution in [0.25, 0.3) is 11.1 Å². The summed E-state index contributed by atoms with van der Waals surface area (Å²) >= 11 is 5.85. The van der Waals surface area contributed by atoms with Crippen LogP contribution in [0.2, 0.25) is 5.02 Å². The van der Waals surface area contributed by atoms with Crippen LogP contribution in [0.3, 0.4) is 0 Å². The van der Waals surface area contributed by atoms with Gasteiger partial charge in [0.05, 0.1) is 0 Å². The maximum atomic E-state index is 13.6. The first-order chi connectivity index (χ1) is 7.18. The largest absolute Gasteiger partial charge is 0.206 e. The summed E-state index contributed by atoms with van der Waals surface area (Å²) in [5.74, 6) is -0.242. The van der Waals surface area contributed by atoms with E-state index in [4.69, 9.17) is 11.6 Å². The summed E-state index contributed by atoms with van der Waals surface area (Å²) in [6.07, 6.45) is 0. The molecule has 2 rings (SSSR count). The van der Waals surface area contributed by atoms with Gasteiger partial charge in [-0.25, -0.2) is 4.39 Å². The van der Waals surface area contributed by atoms with E-state index in [1.54, 1.807) is 12.1 Å². The molecule has 0 N–H and O–H groups in total. The lowest BCUT2D eigenvalue weighted by molar-refractivity contribution is 0.631. The molecule has 0 nitrogen and oxygen atoms in total. The van der Waals surface area contributed by atoms with Crippen molar-refractivity contribution in [3.63, 3.8) is 0 Å². The second-order valence-electron chi connectivity index (χ2n) is 3.44. The van der Waals surface area contributed by atoms with E-state index in [9.17, 15) is 4.39 Å². The van der Waals surface area contributed by atoms with Crippen molar-refractivity contribution in [1.29, 1.82) is 0 Å². The molecule has 0 radical (unpaired) electrons. The summed E-state index contributed by atoms with van der Waals surface area (Å²) in [6.45, 7) is 1.95. The predicted octanol–water partition coefficient (Wildman–Crippen LogP) is 4.45. The van der Waals surface area contributed by atoms with Crippen molar-refractivity contribution >= 4 is 11.6 Å². The third-order valence-corrected chi connectivity index (χ3v) is 2.60. The lowest BCUT2D eigenvalue weighted by Crippen LogP contribution is -1.87. The molecular weight excluding hydrogens is 211 g/mol. The van der Waals surface area contributed by atoms with Crippen LogP contribution in [0.4, 0.5) is 4.39 Å². The van der Waals surface area contributed by atoms with Crippen LogP contribution in [-0.2, 0) is 0 Å². The van der Waals surface area contributed by atoms with E-state index < -0.39 is 0 Å². The smallest absolute Gasteiger partial charge is 0.131 e. The van der Waals surface area contributed by atoms with Crippen molar-refractivity contribution in [3.8, 4) is 11.1 Å². The van der Waals surface area contributed by atoms with E-state index in [1.165, 1.54) is 6.07 Å². The van der Waals surface area contributed by atoms with E-state index in [1.807, 2.05) is 31.2 Å². The molecule has 15 heavy (non-hydrogen) atoms. The molecule has 76 valence electrons. The van der Waals surface area contributed by atoms with Gasteiger partial charge in [0.15, 0.2) is 0 Å². The number of rotatable bonds is 1. The standard InChI is InChI=1S/C13H10ClF/c1-9-4-2-3-5-11(9)12-8-10(14)6-7-13(12)15/h2-8H,1H3. The van der Waals surface area contributed by atoms with E-state index in [0.717, 1.165) is 11.1 Å². The topological polar surface area (TPSA) is 0 Å². The fourth-order valence-corrected chi connectivity index (χ4v) is 1.75. The quantitative estimate of drug-likeness (QED) is 0.666. The zero-order chi connectivity index (χ0) is 10.8. The Morgan fingerprint density at radius 3 is 2.47 bits per heavy atom. The summed E-state index contributed by atoms with van der Waals surface area (Å²) in [4.78, 5) is 0. The van der Waals surface area contributed by atoms with Gasteiger partial charge >= 0.3 is 0 Å². The molecule has 0 saturated heterocycles. The highest BCUT2D eigenvalue weighted by atomic mass is 35.5. The Bertz CT molecular complexity index is 492. The average Bonchev–Trinajstić information content (AvgIpc) is 2.23. The average molecular weight is 221 g/mol. The minimum atomic E-state index is -0.242. The molecule has 0 saturated carbocycles. The van der Waals surface area contributed by atoms with Gasteiger partial charge in [-0.15, -0.1) is 0 Å². The maximum absolute atomic E-state index is 13.6. The van der Waals surface area contributed by atoms with Gasteiger partial charge in [-0.1, -0.05) is 35.9 Å². The van der Waals surface area contributed by atoms with Crippen LogP contribution in [-0.4, -0.2) is 0 Å². The zero-order valence-corrected chi connectivity index (χ0v) is 9.05. The van der Waals surface area contributed by atoms with Gasteiger partial charge in [0.25, 0.3) is 0 Å². The van der Waals surface area contributed by atoms with Gasteiger partial charge in [-0.2, -0.15) is 0 Å². The molecule has 2 aromatic rings. The number of benzene rings is 2. The molecule has 2 heteroatoms. The van der Waals surface area contributed by atoms with Gasteiger partial charge in [0.2, 0.25) is 0 Å². The maximum Gasteiger partial charge on any atom is 0.131 e. The fraction of sp³-hybridized carbons (Fsp3) is 0.0769. The molecule has 2 aromatic carbocycles. The van der Waals surface area contributed by atoms with E-state index in [0.29, 0.717) is 10.6 Å². The molecule has 0 heterocycles. The molecule has 0 unspecified atom stereocenters. The molecule has 0 atom stereocenters. The molecule has 0 bridgehead atoms. The molecule has 0 aromatic heterocycles. The van der Waals surface area contributed by atoms with E-state index >= 15 is 0 Å². The highest BCUT2D eigenvalue weighted by Gasteiger charge is 2.07. The molecule has 0 aliphatic carbocycles. The van der Waals surface area contributed by atoms with Gasteiger partial charge in [0.1, 0.15) is 5.82 Å². The van der Waals surface area contributed by atoms with Crippen LogP contribution in [0.5, 0.6) is 0 Å². The lowest BCUT2D eigenvalue weighted by Gasteiger charge is -2.07. The van der Waals surface area contributed by atoms with Gasteiger partial charge in [-0.05, 0) is 36.2 Å². The van der Waals surface area contributed by atoms with Crippen LogP contribution in [0.15, 0.2) is 42.5 Å². The first-order valence-corrected chi connectivity index (χ1v) is 5.07. The van der Waals surface area contributed by atoms with Crippen LogP contribution >= 0.6 is 11.6 Å². The molecule has 0 aliphatic rings. The first-order valence-electron chi connectivity index (χ1n) is 4.69. The Morgan fingerprint density at radius 1 is 1.00 bits per heavy atom. The summed E-state index contributed by atoms with van der Waals surface area (Å²) in [5.41, 5.74) is 2.48. The van der Waals surface area contributed by atoms with E-state index in [-0.39, 0.29) is 5.82 Å². The summed E-state index contributed by atoms with van der Waals surface area (Å²) < 4.78 is 13.6. The van der Waals surface area contributed by atoms with Crippen molar-refractivity contribution in [1.82, 2.24) is 0 Å². The second kappa shape index (κ2) is 4.03. The van der Waals surface area contributed by atoms with Crippen LogP contribution in [0, 0.1) is 12.7 Å². The highest BCUT2D eigenvalue weighted by molar-refractivity contribution is 6.30. The third-order valence-electron chi connectivity index (χ3n) is 2.36. The number of hydrogen-bond donors (Lipinski definition) is 0. The van der Waals surface area contributed by atoms with Crippen molar-refractivity contribution in [2.75, 3.05) is 0 Å². The summed E-state index contributed by atoms with van der Waals surface area (Å²) in [6, 6.07) is 12.3. The molecule has 0 amide bonds. The van der Waals surface area contributed by atoms with E-state index in [2.05, 4.69) is 0 Å². The summed E-state index contributed by atoms with van der Waals surface area (Å²) in [5, 5.41) is 0.551. The minimum absolute atomic E-state index is 0.242. The predicted molar refractivity (Wildman–Crippen MR) is 61.6 cm³/mol. The highest BCUT2D eigenvalue weighted by Crippen LogP contribution is 2.28. The lowest BCUT2D eigenvalue weighted by atomic mass is 10.0. The SMILES string of the molecule is Cc1ccccc1-c1cc(Cl)ccc1F. The second-order valence-corrected chi connectivity index (χ2v) is 3.88. The minimum Gasteiger partial charge on any atom is -0.206 e. The van der Waals surface area contributed by atoms with Gasteiger partial charge in [0, 0.05) is 10.6 Å². The molecule has 0 aliphatic heterocycles. The zero-order valence-electron chi connectivity index (χ0n) is 8.30. The van der Waals surface area contributed by atoms with Gasteiger partial charge in [-0.3, -0.25) is 0 Å². The molecular formula is C13H10ClF. The Labute approximate surface area is 93.3 Å². The number of aryl methyl sites for hydroxylation is 1. The Morgan fingerprint density at radius 2 is 1.73 bits per heavy atom. The van der Waals surface area contributed by atoms with Gasteiger partial charge < -0.3 is 0 Å². The van der Waals surface area contributed by atoms with Crippen molar-refractivity contribution in [3.05, 3.63) is 58.9 Å². The first kappa shape index (κ1) is 10.2. The summed E-state index contributed by atoms with van der Waals surface area (Å²) in [7, 11) is 0. The number of hydrogen-bond acceptors (Lipinski definition) is 0. The Kier molecular flexibility index (Phi) is 2.74. The van der Waals surface area contributed by atoms with Crippen molar-refractivity contribution in [2.45, 2.75) is 6.92 Å². The Hall–Kier alpha value is -1.34. The van der Waals surface area contributed by atoms with Crippen LogP contribution in [0.1, 0.15) is 5.56 Å². The fourth-order valence-electron chi connectivity index (χ4n) is 1.58. The Balaban J connectivity index is 2.64. The molecule has 0 spiro atoms. The van der Waals surface area contributed by atoms with Crippen LogP contribution < -0.4 is 0 Å². The van der Waals surface area contributed by atoms with Crippen molar-refractivity contribution < 1.29 is 4.39 Å². The monoisotopic (exact) mass is 220 g/mol. The number of halogens is 2. The normalized spacial score (nSPS) is 10.3. The molecule has 0 fully saturated rings.